The van der Waals surface area contributed by atoms with Crippen LogP contribution in [0.4, 0.5) is 8.78 Å². The summed E-state index contributed by atoms with van der Waals surface area (Å²) in [6.45, 7) is 1.64. The van der Waals surface area contributed by atoms with Crippen molar-refractivity contribution in [3.63, 3.8) is 0 Å². The Morgan fingerprint density at radius 2 is 2.25 bits per heavy atom. The van der Waals surface area contributed by atoms with Crippen molar-refractivity contribution in [2.45, 2.75) is 38.4 Å². The number of rotatable bonds is 5. The lowest BCUT2D eigenvalue weighted by Gasteiger charge is -2.24. The standard InChI is InChI=1S/C10H18F2N2O2/c1-7-2-3-8(16-7)10(15)14(5-4-13)6-9(11)12/h7-9H,2-6,13H2,1H3. The molecule has 1 aliphatic rings. The molecular weight excluding hydrogens is 218 g/mol. The van der Waals surface area contributed by atoms with E-state index in [4.69, 9.17) is 10.5 Å². The van der Waals surface area contributed by atoms with Crippen LogP contribution in [0.1, 0.15) is 19.8 Å². The fourth-order valence-corrected chi connectivity index (χ4v) is 1.80. The first kappa shape index (κ1) is 13.3. The first-order valence-electron chi connectivity index (χ1n) is 5.47. The Bertz CT molecular complexity index is 239. The van der Waals surface area contributed by atoms with Gasteiger partial charge in [-0.2, -0.15) is 0 Å². The second kappa shape index (κ2) is 6.10. The van der Waals surface area contributed by atoms with Crippen LogP contribution >= 0.6 is 0 Å². The second-order valence-corrected chi connectivity index (χ2v) is 3.98. The van der Waals surface area contributed by atoms with Gasteiger partial charge in [-0.1, -0.05) is 0 Å². The summed E-state index contributed by atoms with van der Waals surface area (Å²) in [5, 5.41) is 0. The van der Waals surface area contributed by atoms with E-state index in [2.05, 4.69) is 0 Å². The molecule has 0 radical (unpaired) electrons. The van der Waals surface area contributed by atoms with Gasteiger partial charge < -0.3 is 15.4 Å². The monoisotopic (exact) mass is 236 g/mol. The van der Waals surface area contributed by atoms with Gasteiger partial charge in [0, 0.05) is 13.1 Å². The first-order chi connectivity index (χ1) is 7.54. The van der Waals surface area contributed by atoms with E-state index in [1.165, 1.54) is 0 Å². The minimum absolute atomic E-state index is 0.0280. The number of ether oxygens (including phenoxy) is 1. The maximum Gasteiger partial charge on any atom is 0.255 e. The van der Waals surface area contributed by atoms with Gasteiger partial charge in [-0.25, -0.2) is 8.78 Å². The molecule has 1 rings (SSSR count). The largest absolute Gasteiger partial charge is 0.365 e. The molecule has 0 aromatic heterocycles. The van der Waals surface area contributed by atoms with Crippen LogP contribution in [0.2, 0.25) is 0 Å². The summed E-state index contributed by atoms with van der Waals surface area (Å²) in [6.07, 6.45) is -1.68. The fourth-order valence-electron chi connectivity index (χ4n) is 1.80. The van der Waals surface area contributed by atoms with Gasteiger partial charge in [0.2, 0.25) is 0 Å². The van der Waals surface area contributed by atoms with Gasteiger partial charge in [0.1, 0.15) is 6.10 Å². The summed E-state index contributed by atoms with van der Waals surface area (Å²) in [5.41, 5.74) is 5.29. The molecule has 1 heterocycles. The molecule has 4 nitrogen and oxygen atoms in total. The van der Waals surface area contributed by atoms with Crippen LogP contribution in [0.15, 0.2) is 0 Å². The predicted molar refractivity (Wildman–Crippen MR) is 55.2 cm³/mol. The Morgan fingerprint density at radius 1 is 1.56 bits per heavy atom. The van der Waals surface area contributed by atoms with Crippen LogP contribution in [-0.4, -0.2) is 49.1 Å². The summed E-state index contributed by atoms with van der Waals surface area (Å²) < 4.78 is 29.9. The third-order valence-corrected chi connectivity index (χ3v) is 2.58. The molecule has 2 N–H and O–H groups in total. The smallest absolute Gasteiger partial charge is 0.255 e. The molecule has 2 unspecified atom stereocenters. The summed E-state index contributed by atoms with van der Waals surface area (Å²) >= 11 is 0. The highest BCUT2D eigenvalue weighted by Crippen LogP contribution is 2.21. The van der Waals surface area contributed by atoms with Gasteiger partial charge in [-0.15, -0.1) is 0 Å². The highest BCUT2D eigenvalue weighted by molar-refractivity contribution is 5.81. The Kier molecular flexibility index (Phi) is 5.08. The van der Waals surface area contributed by atoms with E-state index >= 15 is 0 Å². The molecule has 1 fully saturated rings. The first-order valence-corrected chi connectivity index (χ1v) is 5.47. The zero-order valence-electron chi connectivity index (χ0n) is 9.36. The minimum atomic E-state index is -2.53. The topological polar surface area (TPSA) is 55.6 Å². The van der Waals surface area contributed by atoms with Crippen molar-refractivity contribution in [1.82, 2.24) is 4.90 Å². The van der Waals surface area contributed by atoms with E-state index in [1.807, 2.05) is 6.92 Å². The van der Waals surface area contributed by atoms with Crippen LogP contribution in [0, 0.1) is 0 Å². The molecule has 16 heavy (non-hydrogen) atoms. The summed E-state index contributed by atoms with van der Waals surface area (Å²) in [6, 6.07) is 0. The molecule has 0 saturated carbocycles. The lowest BCUT2D eigenvalue weighted by atomic mass is 10.2. The Balaban J connectivity index is 2.52. The molecule has 0 aliphatic carbocycles. The van der Waals surface area contributed by atoms with E-state index in [9.17, 15) is 13.6 Å². The maximum absolute atomic E-state index is 12.3. The van der Waals surface area contributed by atoms with Crippen molar-refractivity contribution in [3.05, 3.63) is 0 Å². The van der Waals surface area contributed by atoms with Gasteiger partial charge >= 0.3 is 0 Å². The molecular formula is C10H18F2N2O2. The van der Waals surface area contributed by atoms with Crippen molar-refractivity contribution >= 4 is 5.91 Å². The third-order valence-electron chi connectivity index (χ3n) is 2.58. The lowest BCUT2D eigenvalue weighted by Crippen LogP contribution is -2.44. The molecule has 2 atom stereocenters. The number of nitrogens with zero attached hydrogens (tertiary/aromatic N) is 1. The van der Waals surface area contributed by atoms with Gasteiger partial charge in [0.05, 0.1) is 12.6 Å². The molecule has 6 heteroatoms. The van der Waals surface area contributed by atoms with Crippen LogP contribution in [0.5, 0.6) is 0 Å². The molecule has 1 amide bonds. The van der Waals surface area contributed by atoms with E-state index in [-0.39, 0.29) is 25.1 Å². The second-order valence-electron chi connectivity index (χ2n) is 3.98. The van der Waals surface area contributed by atoms with E-state index in [0.29, 0.717) is 6.42 Å². The van der Waals surface area contributed by atoms with Gasteiger partial charge in [-0.3, -0.25) is 4.79 Å². The minimum Gasteiger partial charge on any atom is -0.365 e. The third kappa shape index (κ3) is 3.68. The number of carbonyl (C=O) groups is 1. The predicted octanol–water partition coefficient (Wildman–Crippen LogP) is 0.606. The van der Waals surface area contributed by atoms with Crippen molar-refractivity contribution < 1.29 is 18.3 Å². The number of halogens is 2. The van der Waals surface area contributed by atoms with E-state index < -0.39 is 19.1 Å². The molecule has 0 bridgehead atoms. The fraction of sp³-hybridized carbons (Fsp3) is 0.900. The van der Waals surface area contributed by atoms with Crippen molar-refractivity contribution in [3.8, 4) is 0 Å². The molecule has 0 spiro atoms. The number of amides is 1. The van der Waals surface area contributed by atoms with Crippen LogP contribution in [-0.2, 0) is 9.53 Å². The number of hydrogen-bond acceptors (Lipinski definition) is 3. The number of carbonyl (C=O) groups excluding carboxylic acids is 1. The molecule has 1 aliphatic heterocycles. The van der Waals surface area contributed by atoms with E-state index in [0.717, 1.165) is 11.3 Å². The van der Waals surface area contributed by atoms with Crippen LogP contribution in [0.3, 0.4) is 0 Å². The summed E-state index contributed by atoms with van der Waals surface area (Å²) in [5.74, 6) is -0.366. The zero-order chi connectivity index (χ0) is 12.1. The Labute approximate surface area is 93.7 Å². The number of nitrogens with two attached hydrogens (primary N) is 1. The highest BCUT2D eigenvalue weighted by atomic mass is 19.3. The van der Waals surface area contributed by atoms with Crippen molar-refractivity contribution in [2.24, 2.45) is 5.73 Å². The average Bonchev–Trinajstić information content (AvgIpc) is 2.62. The van der Waals surface area contributed by atoms with E-state index in [1.54, 1.807) is 0 Å². The number of hydrogen-bond donors (Lipinski definition) is 1. The quantitative estimate of drug-likeness (QED) is 0.760. The highest BCUT2D eigenvalue weighted by Gasteiger charge is 2.32. The van der Waals surface area contributed by atoms with Gasteiger partial charge in [0.15, 0.2) is 0 Å². The summed E-state index contributed by atoms with van der Waals surface area (Å²) in [7, 11) is 0. The van der Waals surface area contributed by atoms with Crippen molar-refractivity contribution in [1.29, 1.82) is 0 Å². The van der Waals surface area contributed by atoms with Crippen LogP contribution < -0.4 is 5.73 Å². The average molecular weight is 236 g/mol. The number of alkyl halides is 2. The maximum atomic E-state index is 12.3. The molecule has 0 aromatic carbocycles. The molecule has 94 valence electrons. The molecule has 1 saturated heterocycles. The van der Waals surface area contributed by atoms with Gasteiger partial charge in [0.25, 0.3) is 12.3 Å². The SMILES string of the molecule is CC1CCC(C(=O)N(CCN)CC(F)F)O1. The Morgan fingerprint density at radius 3 is 2.69 bits per heavy atom. The zero-order valence-corrected chi connectivity index (χ0v) is 9.36. The lowest BCUT2D eigenvalue weighted by molar-refractivity contribution is -0.144. The van der Waals surface area contributed by atoms with Crippen LogP contribution in [0.25, 0.3) is 0 Å². The summed E-state index contributed by atoms with van der Waals surface area (Å²) in [4.78, 5) is 12.9. The van der Waals surface area contributed by atoms with Crippen molar-refractivity contribution in [2.75, 3.05) is 19.6 Å². The Hall–Kier alpha value is -0.750. The molecule has 0 aromatic rings. The van der Waals surface area contributed by atoms with Gasteiger partial charge in [-0.05, 0) is 19.8 Å². The normalized spacial score (nSPS) is 25.1.